The first-order chi connectivity index (χ1) is 8.02. The molecule has 1 saturated heterocycles. The van der Waals surface area contributed by atoms with Crippen molar-refractivity contribution in [1.29, 1.82) is 0 Å². The molecule has 1 fully saturated rings. The van der Waals surface area contributed by atoms with E-state index >= 15 is 0 Å². The lowest BCUT2D eigenvalue weighted by molar-refractivity contribution is -0.154. The number of carbonyl (C=O) groups is 1. The lowest BCUT2D eigenvalue weighted by Gasteiger charge is -2.13. The van der Waals surface area contributed by atoms with E-state index in [1.165, 1.54) is 0 Å². The molecule has 4 unspecified atom stereocenters. The first kappa shape index (κ1) is 14.7. The summed E-state index contributed by atoms with van der Waals surface area (Å²) < 4.78 is 36.5. The zero-order chi connectivity index (χ0) is 12.8. The minimum absolute atomic E-state index is 0.0773. The molecule has 0 radical (unpaired) electrons. The van der Waals surface area contributed by atoms with Crippen LogP contribution in [0, 0.1) is 0 Å². The van der Waals surface area contributed by atoms with Crippen molar-refractivity contribution < 1.29 is 33.1 Å². The van der Waals surface area contributed by atoms with Crippen LogP contribution in [0.25, 0.3) is 0 Å². The molecule has 0 aromatic carbocycles. The molecule has 6 nitrogen and oxygen atoms in total. The van der Waals surface area contributed by atoms with Crippen LogP contribution in [0.1, 0.15) is 13.3 Å². The fraction of sp³-hybridized carbons (Fsp3) is 0.889. The predicted octanol–water partition coefficient (Wildman–Crippen LogP) is 0.544. The molecule has 1 rings (SSSR count). The third-order valence-electron chi connectivity index (χ3n) is 2.10. The Labute approximate surface area is 102 Å². The molecule has 0 spiro atoms. The number of aliphatic hydroxyl groups is 1. The third kappa shape index (κ3) is 5.17. The molecule has 0 aromatic heterocycles. The smallest absolute Gasteiger partial charge is 0.340 e. The molecule has 2 N–H and O–H groups in total. The Morgan fingerprint density at radius 2 is 2.41 bits per heavy atom. The van der Waals surface area contributed by atoms with Crippen molar-refractivity contribution in [3.63, 3.8) is 0 Å². The summed E-state index contributed by atoms with van der Waals surface area (Å²) in [4.78, 5) is 11.1. The summed E-state index contributed by atoms with van der Waals surface area (Å²) in [6.45, 7) is 1.90. The largest absolute Gasteiger partial charge is 0.461 e. The molecule has 0 saturated carbocycles. The van der Waals surface area contributed by atoms with E-state index in [1.807, 2.05) is 0 Å². The van der Waals surface area contributed by atoms with Gasteiger partial charge in [0.15, 0.2) is 6.29 Å². The van der Waals surface area contributed by atoms with Gasteiger partial charge in [-0.3, -0.25) is 0 Å². The van der Waals surface area contributed by atoms with Gasteiger partial charge in [-0.2, -0.15) is 0 Å². The Hall–Kier alpha value is -0.410. The SMILES string of the molecule is CC1OCC(COC(=O)C(F)CC(O)SO)O1. The zero-order valence-corrected chi connectivity index (χ0v) is 10.1. The van der Waals surface area contributed by atoms with Gasteiger partial charge in [-0.05, 0) is 6.92 Å². The van der Waals surface area contributed by atoms with Crippen molar-refractivity contribution in [2.45, 2.75) is 37.3 Å². The molecule has 4 atom stereocenters. The quantitative estimate of drug-likeness (QED) is 0.414. The molecule has 8 heteroatoms. The van der Waals surface area contributed by atoms with Gasteiger partial charge in [-0.15, -0.1) is 0 Å². The minimum atomic E-state index is -1.97. The van der Waals surface area contributed by atoms with Gasteiger partial charge in [-0.25, -0.2) is 9.18 Å². The average Bonchev–Trinajstić information content (AvgIpc) is 2.71. The number of carbonyl (C=O) groups excluding carboxylic acids is 1. The topological polar surface area (TPSA) is 85.2 Å². The van der Waals surface area contributed by atoms with E-state index in [9.17, 15) is 9.18 Å². The van der Waals surface area contributed by atoms with Crippen LogP contribution in [0.5, 0.6) is 0 Å². The fourth-order valence-electron chi connectivity index (χ4n) is 1.26. The van der Waals surface area contributed by atoms with E-state index in [4.69, 9.17) is 19.1 Å². The van der Waals surface area contributed by atoms with Crippen molar-refractivity contribution in [2.24, 2.45) is 0 Å². The van der Waals surface area contributed by atoms with Crippen LogP contribution in [0.4, 0.5) is 4.39 Å². The van der Waals surface area contributed by atoms with Gasteiger partial charge in [-0.1, -0.05) is 0 Å². The van der Waals surface area contributed by atoms with Gasteiger partial charge in [0.2, 0.25) is 6.17 Å². The van der Waals surface area contributed by atoms with Crippen molar-refractivity contribution in [3.8, 4) is 0 Å². The molecule has 0 aromatic rings. The second-order valence-corrected chi connectivity index (χ2v) is 4.31. The van der Waals surface area contributed by atoms with E-state index in [1.54, 1.807) is 6.92 Å². The molecule has 0 amide bonds. The Morgan fingerprint density at radius 1 is 1.71 bits per heavy atom. The number of hydrogen-bond acceptors (Lipinski definition) is 7. The van der Waals surface area contributed by atoms with Crippen LogP contribution in [-0.4, -0.2) is 52.8 Å². The molecule has 1 aliphatic rings. The lowest BCUT2D eigenvalue weighted by Crippen LogP contribution is -2.27. The highest BCUT2D eigenvalue weighted by molar-refractivity contribution is 7.94. The second-order valence-electron chi connectivity index (χ2n) is 3.55. The van der Waals surface area contributed by atoms with Gasteiger partial charge < -0.3 is 23.9 Å². The van der Waals surface area contributed by atoms with Crippen LogP contribution in [0.2, 0.25) is 0 Å². The van der Waals surface area contributed by atoms with Gasteiger partial charge in [0.1, 0.15) is 18.1 Å². The van der Waals surface area contributed by atoms with Crippen LogP contribution in [0.3, 0.4) is 0 Å². The summed E-state index contributed by atoms with van der Waals surface area (Å²) in [6, 6.07) is 0. The summed E-state index contributed by atoms with van der Waals surface area (Å²) in [5.41, 5.74) is -1.34. The van der Waals surface area contributed by atoms with Crippen LogP contribution >= 0.6 is 12.0 Å². The second kappa shape index (κ2) is 7.12. The van der Waals surface area contributed by atoms with Crippen molar-refractivity contribution >= 4 is 18.0 Å². The highest BCUT2D eigenvalue weighted by Crippen LogP contribution is 2.14. The number of hydrogen-bond donors (Lipinski definition) is 2. The standard InChI is InChI=1S/C9H15FO6S/c1-5-14-3-6(16-5)4-15-9(12)7(10)2-8(11)17-13/h5-8,11,13H,2-4H2,1H3. The number of rotatable bonds is 6. The molecule has 17 heavy (non-hydrogen) atoms. The fourth-order valence-corrected chi connectivity index (χ4v) is 1.52. The van der Waals surface area contributed by atoms with Crippen LogP contribution < -0.4 is 0 Å². The summed E-state index contributed by atoms with van der Waals surface area (Å²) in [5.74, 6) is -1.08. The first-order valence-electron chi connectivity index (χ1n) is 5.09. The predicted molar refractivity (Wildman–Crippen MR) is 57.0 cm³/mol. The number of alkyl halides is 1. The maximum Gasteiger partial charge on any atom is 0.340 e. The Morgan fingerprint density at radius 3 is 2.94 bits per heavy atom. The van der Waals surface area contributed by atoms with E-state index in [2.05, 4.69) is 4.74 Å². The van der Waals surface area contributed by atoms with Crippen LogP contribution in [-0.2, 0) is 19.0 Å². The Bertz CT molecular complexity index is 254. The lowest BCUT2D eigenvalue weighted by atomic mass is 10.3. The van der Waals surface area contributed by atoms with E-state index in [0.29, 0.717) is 6.61 Å². The normalized spacial score (nSPS) is 27.8. The Balaban J connectivity index is 2.20. The summed E-state index contributed by atoms with van der Waals surface area (Å²) in [5, 5.41) is 8.91. The molecule has 0 aliphatic carbocycles. The number of esters is 1. The van der Waals surface area contributed by atoms with Gasteiger partial charge >= 0.3 is 5.97 Å². The maximum atomic E-state index is 13.2. The van der Waals surface area contributed by atoms with Crippen molar-refractivity contribution in [1.82, 2.24) is 0 Å². The van der Waals surface area contributed by atoms with Crippen LogP contribution in [0.15, 0.2) is 0 Å². The highest BCUT2D eigenvalue weighted by Gasteiger charge is 2.27. The summed E-state index contributed by atoms with van der Waals surface area (Å²) in [7, 11) is 0. The van der Waals surface area contributed by atoms with E-state index < -0.39 is 30.1 Å². The zero-order valence-electron chi connectivity index (χ0n) is 9.24. The molecular weight excluding hydrogens is 255 g/mol. The molecule has 0 bridgehead atoms. The summed E-state index contributed by atoms with van der Waals surface area (Å²) >= 11 is 0.0773. The average molecular weight is 270 g/mol. The third-order valence-corrected chi connectivity index (χ3v) is 2.53. The van der Waals surface area contributed by atoms with Gasteiger partial charge in [0.05, 0.1) is 6.61 Å². The highest BCUT2D eigenvalue weighted by atomic mass is 32.2. The molecule has 1 aliphatic heterocycles. The number of halogens is 1. The number of aliphatic hydroxyl groups excluding tert-OH is 1. The van der Waals surface area contributed by atoms with Crippen molar-refractivity contribution in [2.75, 3.05) is 13.2 Å². The van der Waals surface area contributed by atoms with E-state index in [0.717, 1.165) is 0 Å². The monoisotopic (exact) mass is 270 g/mol. The number of ether oxygens (including phenoxy) is 3. The maximum absolute atomic E-state index is 13.2. The van der Waals surface area contributed by atoms with E-state index in [-0.39, 0.29) is 24.9 Å². The first-order valence-corrected chi connectivity index (χ1v) is 5.92. The van der Waals surface area contributed by atoms with Gasteiger partial charge in [0.25, 0.3) is 0 Å². The molecular formula is C9H15FO6S. The molecule has 1 heterocycles. The van der Waals surface area contributed by atoms with Gasteiger partial charge in [0, 0.05) is 18.5 Å². The Kier molecular flexibility index (Phi) is 6.14. The summed E-state index contributed by atoms with van der Waals surface area (Å²) in [6.07, 6.45) is -3.23. The minimum Gasteiger partial charge on any atom is -0.461 e. The molecule has 100 valence electrons. The van der Waals surface area contributed by atoms with Crippen molar-refractivity contribution in [3.05, 3.63) is 0 Å².